The maximum absolute atomic E-state index is 13.4. The van der Waals surface area contributed by atoms with Crippen LogP contribution in [0.25, 0.3) is 0 Å². The van der Waals surface area contributed by atoms with Gasteiger partial charge in [-0.3, -0.25) is 9.59 Å². The van der Waals surface area contributed by atoms with Crippen LogP contribution in [0.4, 0.5) is 5.69 Å². The molecule has 7 heteroatoms. The van der Waals surface area contributed by atoms with Gasteiger partial charge in [-0.05, 0) is 35.4 Å². The third-order valence-electron chi connectivity index (χ3n) is 6.55. The molecule has 2 atom stereocenters. The van der Waals surface area contributed by atoms with Crippen LogP contribution in [0.2, 0.25) is 0 Å². The summed E-state index contributed by atoms with van der Waals surface area (Å²) in [7, 11) is 1.88. The number of amides is 1. The van der Waals surface area contributed by atoms with Gasteiger partial charge in [0.25, 0.3) is 0 Å². The van der Waals surface area contributed by atoms with Crippen molar-refractivity contribution in [2.45, 2.75) is 26.6 Å². The van der Waals surface area contributed by atoms with Gasteiger partial charge in [0.2, 0.25) is 12.2 Å². The first-order chi connectivity index (χ1) is 18.5. The normalized spacial score (nSPS) is 12.5. The zero-order valence-electron chi connectivity index (χ0n) is 21.8. The Balaban J connectivity index is 1.39. The monoisotopic (exact) mass is 512 g/mol. The number of anilines is 1. The molecule has 3 aromatic carbocycles. The number of nitrogens with zero attached hydrogens (tertiary/aromatic N) is 1. The lowest BCUT2D eigenvalue weighted by molar-refractivity contribution is -0.676. The third kappa shape index (κ3) is 7.63. The molecule has 2 N–H and O–H groups in total. The molecule has 0 aliphatic carbocycles. The minimum absolute atomic E-state index is 0.0201. The van der Waals surface area contributed by atoms with Gasteiger partial charge in [-0.15, -0.1) is 0 Å². The zero-order chi connectivity index (χ0) is 26.7. The van der Waals surface area contributed by atoms with E-state index >= 15 is 0 Å². The Morgan fingerprint density at radius 1 is 0.895 bits per heavy atom. The van der Waals surface area contributed by atoms with Gasteiger partial charge >= 0.3 is 0 Å². The molecular weight excluding hydrogens is 478 g/mol. The fourth-order valence-corrected chi connectivity index (χ4v) is 4.11. The number of H-pyrrole nitrogens is 1. The lowest BCUT2D eigenvalue weighted by Crippen LogP contribution is -2.38. The Kier molecular flexibility index (Phi) is 9.43. The maximum atomic E-state index is 13.4. The number of hydrogen-bond acceptors (Lipinski definition) is 4. The first-order valence-electron chi connectivity index (χ1n) is 12.7. The highest BCUT2D eigenvalue weighted by molar-refractivity contribution is 5.96. The van der Waals surface area contributed by atoms with Crippen LogP contribution in [0.1, 0.15) is 23.7 Å². The number of aromatic nitrogens is 2. The number of imidazole rings is 1. The molecule has 7 nitrogen and oxygen atoms in total. The molecule has 1 amide bonds. The van der Waals surface area contributed by atoms with Crippen molar-refractivity contribution in [3.63, 3.8) is 0 Å². The first kappa shape index (κ1) is 26.8. The summed E-state index contributed by atoms with van der Waals surface area (Å²) in [6.07, 6.45) is 3.82. The van der Waals surface area contributed by atoms with Crippen LogP contribution in [-0.2, 0) is 41.0 Å². The molecule has 0 saturated heterocycles. The van der Waals surface area contributed by atoms with E-state index in [0.717, 1.165) is 16.8 Å². The summed E-state index contributed by atoms with van der Waals surface area (Å²) in [5.74, 6) is -0.750. The van der Waals surface area contributed by atoms with Gasteiger partial charge < -0.3 is 14.8 Å². The Hall–Kier alpha value is -4.23. The first-order valence-corrected chi connectivity index (χ1v) is 12.7. The van der Waals surface area contributed by atoms with Crippen LogP contribution in [0, 0.1) is 11.8 Å². The fourth-order valence-electron chi connectivity index (χ4n) is 4.11. The number of carbonyl (C=O) groups excluding carboxylic acids is 2. The minimum atomic E-state index is -0.649. The number of hydrogen-bond donors (Lipinski definition) is 2. The van der Waals surface area contributed by atoms with E-state index in [1.54, 1.807) is 31.6 Å². The van der Waals surface area contributed by atoms with Crippen LogP contribution < -0.4 is 14.6 Å². The van der Waals surface area contributed by atoms with Gasteiger partial charge in [0.1, 0.15) is 30.0 Å². The van der Waals surface area contributed by atoms with E-state index in [1.165, 1.54) is 0 Å². The Morgan fingerprint density at radius 3 is 2.13 bits per heavy atom. The predicted molar refractivity (Wildman–Crippen MR) is 145 cm³/mol. The second kappa shape index (κ2) is 13.4. The van der Waals surface area contributed by atoms with E-state index in [1.807, 2.05) is 84.4 Å². The number of ketones is 1. The van der Waals surface area contributed by atoms with Gasteiger partial charge in [0.05, 0.1) is 32.6 Å². The summed E-state index contributed by atoms with van der Waals surface area (Å²) in [5, 5.41) is 2.96. The highest BCUT2D eigenvalue weighted by atomic mass is 16.5. The van der Waals surface area contributed by atoms with Crippen LogP contribution in [0.15, 0.2) is 97.5 Å². The summed E-state index contributed by atoms with van der Waals surface area (Å²) in [6, 6.07) is 26.9. The number of aromatic amines is 1. The lowest BCUT2D eigenvalue weighted by Gasteiger charge is -2.22. The summed E-state index contributed by atoms with van der Waals surface area (Å²) >= 11 is 0. The fraction of sp³-hybridized carbons (Fsp3) is 0.258. The molecule has 0 radical (unpaired) electrons. The highest BCUT2D eigenvalue weighted by Crippen LogP contribution is 2.21. The molecule has 1 aromatic heterocycles. The predicted octanol–water partition coefficient (Wildman–Crippen LogP) is 4.64. The number of aryl methyl sites for hydroxylation is 1. The lowest BCUT2D eigenvalue weighted by atomic mass is 9.88. The van der Waals surface area contributed by atoms with E-state index in [9.17, 15) is 9.59 Å². The number of Topliss-reactive ketones (excluding diaryl/α,β-unsaturated/α-hetero) is 1. The number of nitrogens with one attached hydrogen (secondary N) is 2. The topological polar surface area (TPSA) is 84.3 Å². The summed E-state index contributed by atoms with van der Waals surface area (Å²) in [5.41, 5.74) is 3.58. The number of rotatable bonds is 13. The largest absolute Gasteiger partial charge is 0.489 e. The maximum Gasteiger partial charge on any atom is 0.241 e. The Labute approximate surface area is 223 Å². The molecule has 196 valence electrons. The van der Waals surface area contributed by atoms with Crippen molar-refractivity contribution in [1.82, 2.24) is 4.98 Å². The van der Waals surface area contributed by atoms with Crippen molar-refractivity contribution >= 4 is 17.4 Å². The molecular formula is C31H34N3O4+. The van der Waals surface area contributed by atoms with Crippen molar-refractivity contribution < 1.29 is 23.6 Å². The van der Waals surface area contributed by atoms with Crippen molar-refractivity contribution in [3.05, 3.63) is 114 Å². The van der Waals surface area contributed by atoms with Crippen LogP contribution in [-0.4, -0.2) is 23.3 Å². The summed E-state index contributed by atoms with van der Waals surface area (Å²) in [4.78, 5) is 29.5. The van der Waals surface area contributed by atoms with Gasteiger partial charge in [-0.25, -0.2) is 9.55 Å². The molecule has 0 fully saturated rings. The van der Waals surface area contributed by atoms with Gasteiger partial charge in [-0.2, -0.15) is 0 Å². The van der Waals surface area contributed by atoms with Crippen LogP contribution >= 0.6 is 0 Å². The standard InChI is InChI=1S/C31H33N3O4/c1-23(30(35)17-27-18-32-22-34(27)2)29(21-37-19-24-9-5-3-6-10-24)31(36)33-26-13-15-28(16-14-26)38-20-25-11-7-4-8-12-25/h3-16,18,22-23,29H,17,19-21H2,1-2H3,(H,33,36)/p+1. The number of benzene rings is 3. The average molecular weight is 513 g/mol. The van der Waals surface area contributed by atoms with Crippen LogP contribution in [0.5, 0.6) is 5.75 Å². The molecule has 1 heterocycles. The van der Waals surface area contributed by atoms with Gasteiger partial charge in [-0.1, -0.05) is 67.6 Å². The van der Waals surface area contributed by atoms with Gasteiger partial charge in [0.15, 0.2) is 0 Å². The molecule has 4 rings (SSSR count). The molecule has 38 heavy (non-hydrogen) atoms. The number of carbonyl (C=O) groups is 2. The van der Waals surface area contributed by atoms with E-state index < -0.39 is 11.8 Å². The van der Waals surface area contributed by atoms with E-state index in [4.69, 9.17) is 9.47 Å². The van der Waals surface area contributed by atoms with Crippen molar-refractivity contribution in [3.8, 4) is 5.75 Å². The molecule has 0 aliphatic rings. The highest BCUT2D eigenvalue weighted by Gasteiger charge is 2.31. The average Bonchev–Trinajstić information content (AvgIpc) is 3.35. The minimum Gasteiger partial charge on any atom is -0.489 e. The Morgan fingerprint density at radius 2 is 1.53 bits per heavy atom. The zero-order valence-corrected chi connectivity index (χ0v) is 21.8. The second-order valence-corrected chi connectivity index (χ2v) is 9.37. The quantitative estimate of drug-likeness (QED) is 0.256. The van der Waals surface area contributed by atoms with Crippen molar-refractivity contribution in [2.75, 3.05) is 11.9 Å². The third-order valence-corrected chi connectivity index (χ3v) is 6.55. The molecule has 2 unspecified atom stereocenters. The Bertz CT molecular complexity index is 1300. The molecule has 0 aliphatic heterocycles. The SMILES string of the molecule is CC(C(=O)Cc1c[nH]c[n+]1C)C(COCc1ccccc1)C(=O)Nc1ccc(OCc2ccccc2)cc1. The molecule has 4 aromatic rings. The van der Waals surface area contributed by atoms with E-state index in [0.29, 0.717) is 24.7 Å². The van der Waals surface area contributed by atoms with Crippen molar-refractivity contribution in [2.24, 2.45) is 18.9 Å². The smallest absolute Gasteiger partial charge is 0.241 e. The molecule has 0 saturated carbocycles. The second-order valence-electron chi connectivity index (χ2n) is 9.37. The molecule has 0 spiro atoms. The molecule has 0 bridgehead atoms. The summed E-state index contributed by atoms with van der Waals surface area (Å²) < 4.78 is 13.6. The van der Waals surface area contributed by atoms with Crippen LogP contribution in [0.3, 0.4) is 0 Å². The van der Waals surface area contributed by atoms with E-state index in [-0.39, 0.29) is 24.7 Å². The van der Waals surface area contributed by atoms with Crippen molar-refractivity contribution in [1.29, 1.82) is 0 Å². The van der Waals surface area contributed by atoms with Gasteiger partial charge in [0, 0.05) is 11.6 Å². The van der Waals surface area contributed by atoms with E-state index in [2.05, 4.69) is 10.3 Å². The number of ether oxygens (including phenoxy) is 2. The summed E-state index contributed by atoms with van der Waals surface area (Å²) in [6.45, 7) is 2.76.